The summed E-state index contributed by atoms with van der Waals surface area (Å²) in [5.74, 6) is 4.42. The van der Waals surface area contributed by atoms with Gasteiger partial charge in [0.05, 0.1) is 0 Å². The van der Waals surface area contributed by atoms with Crippen molar-refractivity contribution in [3.05, 3.63) is 33.9 Å². The number of benzene rings is 1. The van der Waals surface area contributed by atoms with E-state index in [0.29, 0.717) is 17.8 Å². The zero-order chi connectivity index (χ0) is 14.0. The maximum atomic E-state index is 5.73. The first kappa shape index (κ1) is 14.8. The molecule has 0 nitrogen and oxygen atoms in total. The smallest absolute Gasteiger partial charge is 0.0283 e. The molecular weight excluding hydrogens is 216 g/mol. The molecule has 0 aliphatic heterocycles. The molecule has 0 atom stereocenters. The van der Waals surface area contributed by atoms with E-state index in [0.717, 1.165) is 5.56 Å². The minimum Gasteiger partial charge on any atom is -0.115 e. The Hall–Kier alpha value is -1.22. The molecular formula is C18H26. The van der Waals surface area contributed by atoms with Crippen molar-refractivity contribution in [2.45, 2.75) is 66.2 Å². The molecule has 0 aliphatic carbocycles. The van der Waals surface area contributed by atoms with Crippen LogP contribution < -0.4 is 0 Å². The van der Waals surface area contributed by atoms with Crippen LogP contribution in [0.4, 0.5) is 0 Å². The zero-order valence-corrected chi connectivity index (χ0v) is 12.9. The maximum Gasteiger partial charge on any atom is 0.0283 e. The van der Waals surface area contributed by atoms with E-state index in [2.05, 4.69) is 60.5 Å². The van der Waals surface area contributed by atoms with Crippen LogP contribution in [0, 0.1) is 19.3 Å². The molecule has 18 heavy (non-hydrogen) atoms. The van der Waals surface area contributed by atoms with Gasteiger partial charge in [0.15, 0.2) is 0 Å². The number of terminal acetylenes is 1. The monoisotopic (exact) mass is 242 g/mol. The lowest BCUT2D eigenvalue weighted by molar-refractivity contribution is 0.764. The van der Waals surface area contributed by atoms with Gasteiger partial charge < -0.3 is 0 Å². The Kier molecular flexibility index (Phi) is 4.63. The van der Waals surface area contributed by atoms with Crippen molar-refractivity contribution in [2.24, 2.45) is 0 Å². The van der Waals surface area contributed by atoms with Crippen LogP contribution in [-0.4, -0.2) is 0 Å². The van der Waals surface area contributed by atoms with Crippen LogP contribution in [0.3, 0.4) is 0 Å². The second kappa shape index (κ2) is 5.61. The second-order valence-electron chi connectivity index (χ2n) is 6.07. The van der Waals surface area contributed by atoms with Crippen LogP contribution in [0.2, 0.25) is 0 Å². The van der Waals surface area contributed by atoms with Crippen LogP contribution in [0.5, 0.6) is 0 Å². The van der Waals surface area contributed by atoms with Gasteiger partial charge in [0.25, 0.3) is 0 Å². The lowest BCUT2D eigenvalue weighted by Crippen LogP contribution is -2.08. The van der Waals surface area contributed by atoms with Crippen LogP contribution >= 0.6 is 0 Å². The van der Waals surface area contributed by atoms with Gasteiger partial charge in [0, 0.05) is 5.56 Å². The van der Waals surface area contributed by atoms with Crippen LogP contribution in [0.25, 0.3) is 0 Å². The molecule has 0 bridgehead atoms. The zero-order valence-electron chi connectivity index (χ0n) is 12.9. The summed E-state index contributed by atoms with van der Waals surface area (Å²) in [6, 6.07) is 2.22. The Balaban J connectivity index is 3.72. The minimum atomic E-state index is 0.480. The summed E-state index contributed by atoms with van der Waals surface area (Å²) in [6.45, 7) is 15.7. The fraction of sp³-hybridized carbons (Fsp3) is 0.556. The number of hydrogen-bond donors (Lipinski definition) is 0. The van der Waals surface area contributed by atoms with E-state index >= 15 is 0 Å². The molecule has 0 amide bonds. The Morgan fingerprint density at radius 3 is 1.72 bits per heavy atom. The van der Waals surface area contributed by atoms with E-state index in [9.17, 15) is 0 Å². The van der Waals surface area contributed by atoms with Gasteiger partial charge >= 0.3 is 0 Å². The normalized spacial score (nSPS) is 11.4. The molecule has 0 N–H and O–H groups in total. The summed E-state index contributed by atoms with van der Waals surface area (Å²) in [5.41, 5.74) is 6.75. The van der Waals surface area contributed by atoms with Gasteiger partial charge in [-0.1, -0.05) is 47.5 Å². The molecule has 0 saturated heterocycles. The third kappa shape index (κ3) is 2.61. The lowest BCUT2D eigenvalue weighted by Gasteiger charge is -2.24. The summed E-state index contributed by atoms with van der Waals surface area (Å²) >= 11 is 0. The highest BCUT2D eigenvalue weighted by molar-refractivity contribution is 5.54. The van der Waals surface area contributed by atoms with Gasteiger partial charge in [-0.2, -0.15) is 0 Å². The van der Waals surface area contributed by atoms with Gasteiger partial charge in [0.1, 0.15) is 0 Å². The quantitative estimate of drug-likeness (QED) is 0.627. The molecule has 0 aliphatic rings. The highest BCUT2D eigenvalue weighted by Crippen LogP contribution is 2.36. The first-order valence-corrected chi connectivity index (χ1v) is 6.95. The first-order valence-electron chi connectivity index (χ1n) is 6.95. The molecule has 98 valence electrons. The summed E-state index contributed by atoms with van der Waals surface area (Å²) in [6.07, 6.45) is 5.73. The third-order valence-corrected chi connectivity index (χ3v) is 3.65. The van der Waals surface area contributed by atoms with Crippen molar-refractivity contribution >= 4 is 0 Å². The van der Waals surface area contributed by atoms with Gasteiger partial charge in [-0.3, -0.25) is 0 Å². The molecule has 0 aromatic heterocycles. The van der Waals surface area contributed by atoms with E-state index in [1.54, 1.807) is 0 Å². The van der Waals surface area contributed by atoms with E-state index < -0.39 is 0 Å². The highest BCUT2D eigenvalue weighted by Gasteiger charge is 2.20. The molecule has 0 radical (unpaired) electrons. The number of hydrogen-bond acceptors (Lipinski definition) is 0. The van der Waals surface area contributed by atoms with Crippen LogP contribution in [0.1, 0.15) is 87.1 Å². The number of rotatable bonds is 3. The molecule has 0 spiro atoms. The van der Waals surface area contributed by atoms with E-state index in [1.165, 1.54) is 22.3 Å². The fourth-order valence-corrected chi connectivity index (χ4v) is 2.93. The predicted molar refractivity (Wildman–Crippen MR) is 81.4 cm³/mol. The van der Waals surface area contributed by atoms with E-state index in [4.69, 9.17) is 6.42 Å². The van der Waals surface area contributed by atoms with E-state index in [1.807, 2.05) is 0 Å². The fourth-order valence-electron chi connectivity index (χ4n) is 2.93. The molecule has 1 aromatic carbocycles. The SMILES string of the molecule is C#Cc1cc(C(C)C)c(C)c(C(C)C)c1C(C)C. The summed E-state index contributed by atoms with van der Waals surface area (Å²) < 4.78 is 0. The standard InChI is InChI=1S/C18H26/c1-9-15-10-16(11(2)3)14(8)17(12(4)5)18(15)13(6)7/h1,10-13H,2-8H3. The Bertz CT molecular complexity index is 468. The van der Waals surface area contributed by atoms with Gasteiger partial charge in [-0.05, 0) is 53.0 Å². The summed E-state index contributed by atoms with van der Waals surface area (Å²) in [4.78, 5) is 0. The molecule has 0 heteroatoms. The van der Waals surface area contributed by atoms with Gasteiger partial charge in [-0.25, -0.2) is 0 Å². The molecule has 0 fully saturated rings. The molecule has 1 rings (SSSR count). The average molecular weight is 242 g/mol. The summed E-state index contributed by atoms with van der Waals surface area (Å²) in [7, 11) is 0. The highest BCUT2D eigenvalue weighted by atomic mass is 14.2. The third-order valence-electron chi connectivity index (χ3n) is 3.65. The van der Waals surface area contributed by atoms with Crippen LogP contribution in [0.15, 0.2) is 6.07 Å². The Morgan fingerprint density at radius 1 is 0.889 bits per heavy atom. The maximum absolute atomic E-state index is 5.73. The van der Waals surface area contributed by atoms with Crippen molar-refractivity contribution in [2.75, 3.05) is 0 Å². The van der Waals surface area contributed by atoms with Gasteiger partial charge in [0.2, 0.25) is 0 Å². The Labute approximate surface area is 113 Å². The molecule has 1 aromatic rings. The topological polar surface area (TPSA) is 0 Å². The largest absolute Gasteiger partial charge is 0.115 e. The van der Waals surface area contributed by atoms with Gasteiger partial charge in [-0.15, -0.1) is 6.42 Å². The van der Waals surface area contributed by atoms with Crippen molar-refractivity contribution in [3.8, 4) is 12.3 Å². The minimum absolute atomic E-state index is 0.480. The van der Waals surface area contributed by atoms with Crippen molar-refractivity contribution < 1.29 is 0 Å². The Morgan fingerprint density at radius 2 is 1.39 bits per heavy atom. The van der Waals surface area contributed by atoms with E-state index in [-0.39, 0.29) is 0 Å². The summed E-state index contributed by atoms with van der Waals surface area (Å²) in [5, 5.41) is 0. The van der Waals surface area contributed by atoms with Crippen LogP contribution in [-0.2, 0) is 0 Å². The first-order chi connectivity index (χ1) is 8.31. The van der Waals surface area contributed by atoms with Crippen molar-refractivity contribution in [1.29, 1.82) is 0 Å². The molecule has 0 unspecified atom stereocenters. The van der Waals surface area contributed by atoms with Crippen molar-refractivity contribution in [1.82, 2.24) is 0 Å². The average Bonchev–Trinajstić information content (AvgIpc) is 2.26. The second-order valence-corrected chi connectivity index (χ2v) is 6.07. The van der Waals surface area contributed by atoms with Crippen molar-refractivity contribution in [3.63, 3.8) is 0 Å². The predicted octanol–water partition coefficient (Wildman–Crippen LogP) is 5.35. The molecule has 0 saturated carbocycles. The lowest BCUT2D eigenvalue weighted by atomic mass is 9.80. The molecule has 0 heterocycles.